The van der Waals surface area contributed by atoms with Crippen LogP contribution in [0.4, 0.5) is 14.7 Å². The molecule has 2 aliphatic carbocycles. The van der Waals surface area contributed by atoms with Crippen LogP contribution in [-0.2, 0) is 11.3 Å². The van der Waals surface area contributed by atoms with Gasteiger partial charge in [0.15, 0.2) is 0 Å². The number of piperidine rings is 1. The number of rotatable bonds is 7. The number of hydrogen-bond donors (Lipinski definition) is 1. The Hall–Kier alpha value is -2.91. The molecule has 5 aliphatic rings. The highest BCUT2D eigenvalue weighted by atomic mass is 19.3. The lowest BCUT2D eigenvalue weighted by atomic mass is 9.96. The molecule has 4 heterocycles. The van der Waals surface area contributed by atoms with Crippen LogP contribution in [0.3, 0.4) is 0 Å². The van der Waals surface area contributed by atoms with Gasteiger partial charge in [0.25, 0.3) is 5.92 Å². The lowest BCUT2D eigenvalue weighted by molar-refractivity contribution is -0.123. The van der Waals surface area contributed by atoms with Crippen LogP contribution < -0.4 is 10.2 Å². The molecule has 1 N–H and O–H groups in total. The van der Waals surface area contributed by atoms with E-state index in [1.807, 2.05) is 29.9 Å². The minimum Gasteiger partial charge on any atom is -0.353 e. The summed E-state index contributed by atoms with van der Waals surface area (Å²) in [7, 11) is 0. The van der Waals surface area contributed by atoms with Crippen LogP contribution in [0.1, 0.15) is 50.8 Å². The number of halogens is 2. The third kappa shape index (κ3) is 3.80. The number of anilines is 1. The molecule has 1 aromatic rings. The zero-order valence-electron chi connectivity index (χ0n) is 21.0. The minimum atomic E-state index is -2.52. The number of alkyl halides is 2. The van der Waals surface area contributed by atoms with Crippen molar-refractivity contribution in [3.63, 3.8) is 0 Å². The van der Waals surface area contributed by atoms with Gasteiger partial charge in [-0.2, -0.15) is 0 Å². The van der Waals surface area contributed by atoms with Crippen LogP contribution in [0.25, 0.3) is 0 Å². The SMILES string of the molecule is CCCC1C=NC2=C1CC[C@H]2NC(=O)C1N=CN(Cc2cnc(N3CC4C(C3)C4(F)F)nc2C)C1C. The predicted octanol–water partition coefficient (Wildman–Crippen LogP) is 3.12. The topological polar surface area (TPSA) is 86.1 Å². The summed E-state index contributed by atoms with van der Waals surface area (Å²) in [6, 6.07) is -0.612. The second-order valence-corrected chi connectivity index (χ2v) is 10.9. The van der Waals surface area contributed by atoms with Gasteiger partial charge in [-0.1, -0.05) is 13.3 Å². The first-order chi connectivity index (χ1) is 17.3. The highest BCUT2D eigenvalue weighted by molar-refractivity contribution is 5.87. The Morgan fingerprint density at radius 2 is 2.06 bits per heavy atom. The molecule has 8 nitrogen and oxygen atoms in total. The minimum absolute atomic E-state index is 0.0261. The van der Waals surface area contributed by atoms with E-state index in [1.54, 1.807) is 12.5 Å². The first-order valence-corrected chi connectivity index (χ1v) is 13.1. The standard InChI is InChI=1S/C26H33F2N7O/c1-4-5-16-8-29-23-18(16)6-7-21(23)33-24(36)22-15(3)35(13-31-22)10-17-9-30-25(32-14(17)2)34-11-19-20(12-34)26(19,27)28/h8-9,13,15-16,19-22H,4-7,10-12H2,1-3H3,(H,33,36)/t15?,16?,19?,20?,21-,22?/m1/s1. The Morgan fingerprint density at radius 3 is 2.78 bits per heavy atom. The average molecular weight is 498 g/mol. The summed E-state index contributed by atoms with van der Waals surface area (Å²) in [4.78, 5) is 35.2. The van der Waals surface area contributed by atoms with Crippen LogP contribution in [-0.4, -0.2) is 70.5 Å². The molecule has 2 fully saturated rings. The highest BCUT2D eigenvalue weighted by Crippen LogP contribution is 2.59. The fourth-order valence-electron chi connectivity index (χ4n) is 6.25. The number of allylic oxidation sites excluding steroid dienone is 1. The summed E-state index contributed by atoms with van der Waals surface area (Å²) in [5.41, 5.74) is 4.19. The van der Waals surface area contributed by atoms with E-state index < -0.39 is 23.8 Å². The maximum atomic E-state index is 13.5. The van der Waals surface area contributed by atoms with Crippen molar-refractivity contribution in [3.05, 3.63) is 28.7 Å². The summed E-state index contributed by atoms with van der Waals surface area (Å²) >= 11 is 0. The molecule has 1 amide bonds. The lowest BCUT2D eigenvalue weighted by Gasteiger charge is -2.26. The smallest absolute Gasteiger partial charge is 0.258 e. The second kappa shape index (κ2) is 8.59. The van der Waals surface area contributed by atoms with E-state index in [0.717, 1.165) is 42.6 Å². The Kier molecular flexibility index (Phi) is 5.60. The Labute approximate surface area is 210 Å². The van der Waals surface area contributed by atoms with E-state index in [1.165, 1.54) is 5.57 Å². The molecule has 0 spiro atoms. The molecule has 6 rings (SSSR count). The molecule has 10 heteroatoms. The largest absolute Gasteiger partial charge is 0.353 e. The van der Waals surface area contributed by atoms with Gasteiger partial charge in [-0.3, -0.25) is 14.8 Å². The Bertz CT molecular complexity index is 1150. The number of carbonyl (C=O) groups excluding carboxylic acids is 1. The van der Waals surface area contributed by atoms with Gasteiger partial charge in [0.2, 0.25) is 11.9 Å². The summed E-state index contributed by atoms with van der Waals surface area (Å²) in [5, 5.41) is 3.20. The summed E-state index contributed by atoms with van der Waals surface area (Å²) < 4.78 is 27.0. The van der Waals surface area contributed by atoms with Crippen LogP contribution in [0.2, 0.25) is 0 Å². The van der Waals surface area contributed by atoms with E-state index in [0.29, 0.717) is 31.5 Å². The van der Waals surface area contributed by atoms with Crippen molar-refractivity contribution in [2.45, 2.75) is 77.0 Å². The lowest BCUT2D eigenvalue weighted by Crippen LogP contribution is -2.46. The molecular weight excluding hydrogens is 464 g/mol. The number of nitrogens with one attached hydrogen (secondary N) is 1. The molecule has 5 unspecified atom stereocenters. The van der Waals surface area contributed by atoms with Gasteiger partial charge in [-0.25, -0.2) is 18.7 Å². The van der Waals surface area contributed by atoms with Gasteiger partial charge in [0, 0.05) is 49.2 Å². The highest BCUT2D eigenvalue weighted by Gasteiger charge is 2.72. The van der Waals surface area contributed by atoms with Gasteiger partial charge in [-0.05, 0) is 38.7 Å². The van der Waals surface area contributed by atoms with E-state index >= 15 is 0 Å². The fourth-order valence-corrected chi connectivity index (χ4v) is 6.25. The average Bonchev–Trinajstić information content (AvgIpc) is 3.46. The van der Waals surface area contributed by atoms with Crippen molar-refractivity contribution in [3.8, 4) is 0 Å². The molecule has 1 aromatic heterocycles. The molecule has 6 atom stereocenters. The number of nitrogens with zero attached hydrogens (tertiary/aromatic N) is 6. The third-order valence-electron chi connectivity index (χ3n) is 8.65. The second-order valence-electron chi connectivity index (χ2n) is 10.9. The zero-order chi connectivity index (χ0) is 25.2. The molecule has 1 saturated carbocycles. The number of aryl methyl sites for hydroxylation is 1. The molecular formula is C26H33F2N7O. The monoisotopic (exact) mass is 497 g/mol. The molecule has 192 valence electrons. The van der Waals surface area contributed by atoms with Gasteiger partial charge in [0.05, 0.1) is 36.0 Å². The van der Waals surface area contributed by atoms with Crippen molar-refractivity contribution >= 4 is 24.4 Å². The molecule has 0 bridgehead atoms. The van der Waals surface area contributed by atoms with Crippen LogP contribution in [0.15, 0.2) is 27.5 Å². The molecule has 36 heavy (non-hydrogen) atoms. The van der Waals surface area contributed by atoms with Crippen molar-refractivity contribution in [2.24, 2.45) is 27.7 Å². The van der Waals surface area contributed by atoms with Crippen molar-refractivity contribution in [2.75, 3.05) is 18.0 Å². The van der Waals surface area contributed by atoms with Crippen molar-refractivity contribution < 1.29 is 13.6 Å². The summed E-state index contributed by atoms with van der Waals surface area (Å²) in [6.45, 7) is 7.26. The Morgan fingerprint density at radius 1 is 1.28 bits per heavy atom. The van der Waals surface area contributed by atoms with Gasteiger partial charge in [0.1, 0.15) is 6.04 Å². The zero-order valence-corrected chi connectivity index (χ0v) is 21.0. The van der Waals surface area contributed by atoms with Crippen molar-refractivity contribution in [1.82, 2.24) is 20.2 Å². The van der Waals surface area contributed by atoms with Crippen LogP contribution in [0.5, 0.6) is 0 Å². The van der Waals surface area contributed by atoms with Crippen LogP contribution in [0, 0.1) is 24.7 Å². The first kappa shape index (κ1) is 23.5. The Balaban J connectivity index is 1.05. The maximum absolute atomic E-state index is 13.5. The van der Waals surface area contributed by atoms with Gasteiger partial charge >= 0.3 is 0 Å². The van der Waals surface area contributed by atoms with E-state index in [4.69, 9.17) is 0 Å². The number of amides is 1. The molecule has 0 aromatic carbocycles. The predicted molar refractivity (Wildman–Crippen MR) is 133 cm³/mol. The van der Waals surface area contributed by atoms with Crippen LogP contribution >= 0.6 is 0 Å². The number of carbonyl (C=O) groups is 1. The molecule has 0 radical (unpaired) electrons. The van der Waals surface area contributed by atoms with Crippen molar-refractivity contribution in [1.29, 1.82) is 0 Å². The third-order valence-corrected chi connectivity index (χ3v) is 8.65. The van der Waals surface area contributed by atoms with Gasteiger partial charge in [-0.15, -0.1) is 0 Å². The maximum Gasteiger partial charge on any atom is 0.258 e. The molecule has 3 aliphatic heterocycles. The van der Waals surface area contributed by atoms with E-state index in [2.05, 4.69) is 32.2 Å². The number of hydrogen-bond acceptors (Lipinski definition) is 7. The van der Waals surface area contributed by atoms with E-state index in [-0.39, 0.29) is 18.0 Å². The fraction of sp³-hybridized carbons (Fsp3) is 0.654. The number of fused-ring (bicyclic) bond motifs is 1. The first-order valence-electron chi connectivity index (χ1n) is 13.1. The quantitative estimate of drug-likeness (QED) is 0.626. The molecule has 1 saturated heterocycles. The normalized spacial score (nSPS) is 33.5. The summed E-state index contributed by atoms with van der Waals surface area (Å²) in [5.74, 6) is -2.76. The van der Waals surface area contributed by atoms with E-state index in [9.17, 15) is 13.6 Å². The number of aliphatic imine (C=N–C) groups is 2. The number of aromatic nitrogens is 2. The van der Waals surface area contributed by atoms with Gasteiger partial charge < -0.3 is 15.1 Å². The summed E-state index contributed by atoms with van der Waals surface area (Å²) in [6.07, 6.45) is 9.69.